The van der Waals surface area contributed by atoms with Gasteiger partial charge < -0.3 is 5.32 Å². The van der Waals surface area contributed by atoms with Crippen molar-refractivity contribution in [1.82, 2.24) is 0 Å². The van der Waals surface area contributed by atoms with Crippen LogP contribution in [0.25, 0.3) is 0 Å². The molecule has 0 aromatic heterocycles. The zero-order chi connectivity index (χ0) is 13.6. The summed E-state index contributed by atoms with van der Waals surface area (Å²) in [5.74, 6) is 0. The molecule has 0 bridgehead atoms. The van der Waals surface area contributed by atoms with Crippen LogP contribution in [-0.4, -0.2) is 6.54 Å². The lowest BCUT2D eigenvalue weighted by molar-refractivity contribution is 0.430. The van der Waals surface area contributed by atoms with E-state index in [9.17, 15) is 0 Å². The number of benzene rings is 1. The van der Waals surface area contributed by atoms with Gasteiger partial charge in [-0.2, -0.15) is 5.26 Å². The van der Waals surface area contributed by atoms with E-state index in [1.807, 2.05) is 13.8 Å². The third kappa shape index (κ3) is 4.85. The zero-order valence-corrected chi connectivity index (χ0v) is 13.5. The summed E-state index contributed by atoms with van der Waals surface area (Å²) in [4.78, 5) is 0. The molecule has 0 aliphatic carbocycles. The van der Waals surface area contributed by atoms with Crippen molar-refractivity contribution in [2.24, 2.45) is 5.41 Å². The largest absolute Gasteiger partial charge is 0.385 e. The Labute approximate surface area is 124 Å². The van der Waals surface area contributed by atoms with Gasteiger partial charge in [-0.1, -0.05) is 12.5 Å². The van der Waals surface area contributed by atoms with Gasteiger partial charge in [0.1, 0.15) is 0 Å². The molecule has 1 N–H and O–H groups in total. The first-order valence-corrected chi connectivity index (χ1v) is 7.44. The summed E-state index contributed by atoms with van der Waals surface area (Å²) in [6.45, 7) is 7.12. The fourth-order valence-corrected chi connectivity index (χ4v) is 2.27. The lowest BCUT2D eigenvalue weighted by Gasteiger charge is -2.15. The highest BCUT2D eigenvalue weighted by molar-refractivity contribution is 14.1. The molecule has 0 saturated heterocycles. The summed E-state index contributed by atoms with van der Waals surface area (Å²) < 4.78 is 1.29. The van der Waals surface area contributed by atoms with Crippen LogP contribution in [-0.2, 0) is 0 Å². The van der Waals surface area contributed by atoms with Gasteiger partial charge in [-0.15, -0.1) is 0 Å². The van der Waals surface area contributed by atoms with Crippen LogP contribution >= 0.6 is 22.6 Å². The summed E-state index contributed by atoms with van der Waals surface area (Å²) in [5.41, 5.74) is 2.36. The number of rotatable bonds is 6. The van der Waals surface area contributed by atoms with Gasteiger partial charge in [-0.3, -0.25) is 0 Å². The molecule has 0 amide bonds. The van der Waals surface area contributed by atoms with Gasteiger partial charge in [-0.05, 0) is 73.9 Å². The Bertz CT molecular complexity index is 433. The molecular weight excluding hydrogens is 335 g/mol. The van der Waals surface area contributed by atoms with Gasteiger partial charge in [0.15, 0.2) is 0 Å². The molecule has 0 unspecified atom stereocenters. The number of nitriles is 1. The SMILES string of the molecule is Cc1c(I)cccc1NCCCCC(C)(C)C#N. The Morgan fingerprint density at radius 3 is 2.72 bits per heavy atom. The van der Waals surface area contributed by atoms with Crippen molar-refractivity contribution in [2.45, 2.75) is 40.0 Å². The first-order valence-electron chi connectivity index (χ1n) is 6.36. The lowest BCUT2D eigenvalue weighted by Crippen LogP contribution is -2.09. The molecule has 18 heavy (non-hydrogen) atoms. The van der Waals surface area contributed by atoms with E-state index in [4.69, 9.17) is 5.26 Å². The first-order chi connectivity index (χ1) is 8.46. The highest BCUT2D eigenvalue weighted by Crippen LogP contribution is 2.22. The summed E-state index contributed by atoms with van der Waals surface area (Å²) >= 11 is 2.36. The summed E-state index contributed by atoms with van der Waals surface area (Å²) in [6.07, 6.45) is 3.17. The molecule has 0 aliphatic heterocycles. The molecule has 0 heterocycles. The minimum Gasteiger partial charge on any atom is -0.385 e. The van der Waals surface area contributed by atoms with Crippen LogP contribution in [0.1, 0.15) is 38.7 Å². The second-order valence-corrected chi connectivity index (χ2v) is 6.45. The third-order valence-electron chi connectivity index (χ3n) is 3.11. The van der Waals surface area contributed by atoms with Crippen LogP contribution in [0, 0.1) is 27.2 Å². The number of nitrogens with zero attached hydrogens (tertiary/aromatic N) is 1. The molecule has 0 saturated carbocycles. The molecule has 0 atom stereocenters. The standard InChI is InChI=1S/C15H21IN2/c1-12-13(16)7-6-8-14(12)18-10-5-4-9-15(2,3)11-17/h6-8,18H,4-5,9-10H2,1-3H3. The Balaban J connectivity index is 2.31. The Morgan fingerprint density at radius 1 is 1.33 bits per heavy atom. The van der Waals surface area contributed by atoms with Crippen molar-refractivity contribution in [3.05, 3.63) is 27.3 Å². The summed E-state index contributed by atoms with van der Waals surface area (Å²) in [7, 11) is 0. The zero-order valence-electron chi connectivity index (χ0n) is 11.4. The average molecular weight is 356 g/mol. The second-order valence-electron chi connectivity index (χ2n) is 5.29. The molecule has 0 spiro atoms. The molecule has 2 nitrogen and oxygen atoms in total. The van der Waals surface area contributed by atoms with E-state index >= 15 is 0 Å². The number of hydrogen-bond donors (Lipinski definition) is 1. The molecule has 3 heteroatoms. The van der Waals surface area contributed by atoms with Crippen LogP contribution < -0.4 is 5.32 Å². The van der Waals surface area contributed by atoms with Crippen molar-refractivity contribution in [3.8, 4) is 6.07 Å². The predicted octanol–water partition coefficient (Wildman–Crippen LogP) is 4.73. The third-order valence-corrected chi connectivity index (χ3v) is 4.28. The normalized spacial score (nSPS) is 11.1. The fourth-order valence-electron chi connectivity index (χ4n) is 1.77. The van der Waals surface area contributed by atoms with E-state index in [0.717, 1.165) is 25.8 Å². The molecule has 0 radical (unpaired) electrons. The molecule has 98 valence electrons. The maximum atomic E-state index is 8.93. The quantitative estimate of drug-likeness (QED) is 0.591. The van der Waals surface area contributed by atoms with E-state index in [1.165, 1.54) is 14.8 Å². The van der Waals surface area contributed by atoms with Gasteiger partial charge in [0.2, 0.25) is 0 Å². The Hall–Kier alpha value is -0.760. The average Bonchev–Trinajstić information content (AvgIpc) is 2.34. The molecule has 1 aromatic rings. The summed E-state index contributed by atoms with van der Waals surface area (Å²) in [6, 6.07) is 8.67. The summed E-state index contributed by atoms with van der Waals surface area (Å²) in [5, 5.41) is 12.4. The maximum Gasteiger partial charge on any atom is 0.0683 e. The minimum absolute atomic E-state index is 0.182. The lowest BCUT2D eigenvalue weighted by atomic mass is 9.89. The molecule has 0 fully saturated rings. The molecule has 1 aromatic carbocycles. The van der Waals surface area contributed by atoms with E-state index in [0.29, 0.717) is 0 Å². The topological polar surface area (TPSA) is 35.8 Å². The van der Waals surface area contributed by atoms with Crippen molar-refractivity contribution in [1.29, 1.82) is 5.26 Å². The fraction of sp³-hybridized carbons (Fsp3) is 0.533. The van der Waals surface area contributed by atoms with Gasteiger partial charge in [0.05, 0.1) is 11.5 Å². The number of hydrogen-bond acceptors (Lipinski definition) is 2. The number of unbranched alkanes of at least 4 members (excludes halogenated alkanes) is 1. The van der Waals surface area contributed by atoms with E-state index in [-0.39, 0.29) is 5.41 Å². The highest BCUT2D eigenvalue weighted by atomic mass is 127. The second kappa shape index (κ2) is 6.98. The van der Waals surface area contributed by atoms with Crippen LogP contribution in [0.5, 0.6) is 0 Å². The van der Waals surface area contributed by atoms with Crippen LogP contribution in [0.4, 0.5) is 5.69 Å². The van der Waals surface area contributed by atoms with Gasteiger partial charge in [0, 0.05) is 15.8 Å². The van der Waals surface area contributed by atoms with Crippen molar-refractivity contribution in [2.75, 3.05) is 11.9 Å². The smallest absolute Gasteiger partial charge is 0.0683 e. The van der Waals surface area contributed by atoms with E-state index in [2.05, 4.69) is 59.1 Å². The van der Waals surface area contributed by atoms with Crippen LogP contribution in [0.3, 0.4) is 0 Å². The van der Waals surface area contributed by atoms with Crippen LogP contribution in [0.2, 0.25) is 0 Å². The van der Waals surface area contributed by atoms with E-state index < -0.39 is 0 Å². The van der Waals surface area contributed by atoms with Gasteiger partial charge in [-0.25, -0.2) is 0 Å². The highest BCUT2D eigenvalue weighted by Gasteiger charge is 2.15. The number of halogens is 1. The van der Waals surface area contributed by atoms with Gasteiger partial charge >= 0.3 is 0 Å². The Kier molecular flexibility index (Phi) is 5.94. The Morgan fingerprint density at radius 2 is 2.06 bits per heavy atom. The van der Waals surface area contributed by atoms with Crippen molar-refractivity contribution in [3.63, 3.8) is 0 Å². The minimum atomic E-state index is -0.182. The molecular formula is C15H21IN2. The first kappa shape index (κ1) is 15.3. The molecule has 0 aliphatic rings. The van der Waals surface area contributed by atoms with Crippen molar-refractivity contribution >= 4 is 28.3 Å². The van der Waals surface area contributed by atoms with Crippen LogP contribution in [0.15, 0.2) is 18.2 Å². The predicted molar refractivity (Wildman–Crippen MR) is 85.6 cm³/mol. The van der Waals surface area contributed by atoms with Crippen molar-refractivity contribution < 1.29 is 0 Å². The van der Waals surface area contributed by atoms with Gasteiger partial charge in [0.25, 0.3) is 0 Å². The number of anilines is 1. The molecule has 1 rings (SSSR count). The van der Waals surface area contributed by atoms with E-state index in [1.54, 1.807) is 0 Å². The monoisotopic (exact) mass is 356 g/mol. The maximum absolute atomic E-state index is 8.93. The number of nitrogens with one attached hydrogen (secondary N) is 1.